The zero-order valence-corrected chi connectivity index (χ0v) is 15.0. The van der Waals surface area contributed by atoms with E-state index in [1.54, 1.807) is 18.2 Å². The second kappa shape index (κ2) is 8.19. The van der Waals surface area contributed by atoms with Crippen molar-refractivity contribution in [1.29, 1.82) is 0 Å². The number of esters is 1. The average molecular weight is 396 g/mol. The highest BCUT2D eigenvalue weighted by Crippen LogP contribution is 2.24. The molecule has 0 saturated carbocycles. The van der Waals surface area contributed by atoms with Gasteiger partial charge in [0.05, 0.1) is 11.4 Å². The minimum absolute atomic E-state index is 0.164. The number of anilines is 1. The van der Waals surface area contributed by atoms with Gasteiger partial charge in [-0.1, -0.05) is 23.4 Å². The molecule has 1 saturated heterocycles. The van der Waals surface area contributed by atoms with E-state index >= 15 is 0 Å². The van der Waals surface area contributed by atoms with Gasteiger partial charge in [0.15, 0.2) is 6.61 Å². The number of aromatic nitrogens is 3. The third-order valence-corrected chi connectivity index (χ3v) is 4.55. The Morgan fingerprint density at radius 2 is 2.23 bits per heavy atom. The zero-order valence-electron chi connectivity index (χ0n) is 13.4. The molecule has 1 aromatic carbocycles. The lowest BCUT2D eigenvalue weighted by Gasteiger charge is -2.14. The number of hydrogen-bond donors (Lipinski definition) is 1. The molecule has 1 fully saturated rings. The van der Waals surface area contributed by atoms with Crippen LogP contribution in [0.1, 0.15) is 0 Å². The van der Waals surface area contributed by atoms with Crippen molar-refractivity contribution in [3.05, 3.63) is 35.9 Å². The van der Waals surface area contributed by atoms with Crippen molar-refractivity contribution in [2.75, 3.05) is 30.8 Å². The van der Waals surface area contributed by atoms with Gasteiger partial charge in [0.2, 0.25) is 0 Å². The topological polar surface area (TPSA) is 106 Å². The summed E-state index contributed by atoms with van der Waals surface area (Å²) in [6, 6.07) is 4.88. The van der Waals surface area contributed by atoms with Gasteiger partial charge in [-0.05, 0) is 18.2 Å². The maximum absolute atomic E-state index is 12.1. The first-order valence-electron chi connectivity index (χ1n) is 7.54. The van der Waals surface area contributed by atoms with Gasteiger partial charge in [-0.15, -0.1) is 0 Å². The molecule has 136 valence electrons. The van der Waals surface area contributed by atoms with Crippen LogP contribution in [0, 0.1) is 0 Å². The van der Waals surface area contributed by atoms with Crippen LogP contribution in [0.5, 0.6) is 0 Å². The number of halogens is 1. The molecule has 1 aliphatic heterocycles. The number of rotatable bonds is 6. The van der Waals surface area contributed by atoms with Crippen molar-refractivity contribution < 1.29 is 19.1 Å². The lowest BCUT2D eigenvalue weighted by molar-refractivity contribution is -0.147. The molecule has 0 atom stereocenters. The Morgan fingerprint density at radius 3 is 2.92 bits per heavy atom. The number of amides is 2. The Balaban J connectivity index is 1.57. The molecular weight excluding hydrogens is 382 g/mol. The summed E-state index contributed by atoms with van der Waals surface area (Å²) in [5.74, 6) is -0.533. The summed E-state index contributed by atoms with van der Waals surface area (Å²) < 4.78 is 6.39. The number of ether oxygens (including phenoxy) is 1. The number of benzene rings is 1. The predicted octanol–water partition coefficient (Wildman–Crippen LogP) is 1.57. The Morgan fingerprint density at radius 1 is 1.38 bits per heavy atom. The maximum atomic E-state index is 12.1. The van der Waals surface area contributed by atoms with Gasteiger partial charge in [-0.3, -0.25) is 14.4 Å². The highest BCUT2D eigenvalue weighted by molar-refractivity contribution is 8.13. The third-order valence-electron chi connectivity index (χ3n) is 3.43. The number of nitrogens with one attached hydrogen (secondary N) is 1. The molecule has 9 nitrogen and oxygen atoms in total. The zero-order chi connectivity index (χ0) is 18.5. The van der Waals surface area contributed by atoms with Crippen LogP contribution >= 0.6 is 23.4 Å². The first-order valence-corrected chi connectivity index (χ1v) is 8.91. The fourth-order valence-corrected chi connectivity index (χ4v) is 3.24. The van der Waals surface area contributed by atoms with Gasteiger partial charge < -0.3 is 15.0 Å². The van der Waals surface area contributed by atoms with Crippen LogP contribution < -0.4 is 5.32 Å². The molecular formula is C15H14ClN5O4S. The molecule has 2 amide bonds. The van der Waals surface area contributed by atoms with Gasteiger partial charge in [0.25, 0.3) is 11.1 Å². The molecule has 0 aliphatic carbocycles. The lowest BCUT2D eigenvalue weighted by Crippen LogP contribution is -2.32. The Bertz CT molecular complexity index is 829. The molecule has 3 rings (SSSR count). The maximum Gasteiger partial charge on any atom is 0.326 e. The van der Waals surface area contributed by atoms with Crippen LogP contribution in [-0.2, 0) is 14.3 Å². The van der Waals surface area contributed by atoms with Gasteiger partial charge in [0.1, 0.15) is 19.2 Å². The SMILES string of the molecule is O=C(COC(=O)CN1CCSC1=O)Nc1cc(Cl)ccc1-n1cncn1. The molecule has 1 aliphatic rings. The smallest absolute Gasteiger partial charge is 0.326 e. The fourth-order valence-electron chi connectivity index (χ4n) is 2.24. The normalized spacial score (nSPS) is 13.7. The van der Waals surface area contributed by atoms with Crippen molar-refractivity contribution in [3.8, 4) is 5.69 Å². The van der Waals surface area contributed by atoms with Gasteiger partial charge in [0, 0.05) is 17.3 Å². The first-order chi connectivity index (χ1) is 12.5. The molecule has 0 spiro atoms. The lowest BCUT2D eigenvalue weighted by atomic mass is 10.2. The summed E-state index contributed by atoms with van der Waals surface area (Å²) in [6.07, 6.45) is 2.84. The quantitative estimate of drug-likeness (QED) is 0.740. The Kier molecular flexibility index (Phi) is 5.74. The summed E-state index contributed by atoms with van der Waals surface area (Å²) in [4.78, 5) is 40.5. The second-order valence-electron chi connectivity index (χ2n) is 5.25. The molecule has 0 radical (unpaired) electrons. The largest absolute Gasteiger partial charge is 0.454 e. The van der Waals surface area contributed by atoms with Crippen molar-refractivity contribution in [2.45, 2.75) is 0 Å². The van der Waals surface area contributed by atoms with Crippen molar-refractivity contribution >= 4 is 46.2 Å². The van der Waals surface area contributed by atoms with E-state index in [4.69, 9.17) is 16.3 Å². The minimum Gasteiger partial charge on any atom is -0.454 e. The molecule has 0 bridgehead atoms. The highest BCUT2D eigenvalue weighted by atomic mass is 35.5. The van der Waals surface area contributed by atoms with E-state index in [2.05, 4.69) is 15.4 Å². The van der Waals surface area contributed by atoms with Gasteiger partial charge in [-0.25, -0.2) is 9.67 Å². The Labute approximate surface area is 157 Å². The van der Waals surface area contributed by atoms with Crippen molar-refractivity contribution in [1.82, 2.24) is 19.7 Å². The van der Waals surface area contributed by atoms with E-state index in [9.17, 15) is 14.4 Å². The van der Waals surface area contributed by atoms with Crippen LogP contribution in [-0.4, -0.2) is 62.2 Å². The summed E-state index contributed by atoms with van der Waals surface area (Å²) in [5.41, 5.74) is 0.960. The van der Waals surface area contributed by atoms with Gasteiger partial charge >= 0.3 is 5.97 Å². The number of nitrogens with zero attached hydrogens (tertiary/aromatic N) is 4. The monoisotopic (exact) mass is 395 g/mol. The number of thioether (sulfide) groups is 1. The molecule has 0 unspecified atom stereocenters. The molecule has 11 heteroatoms. The third kappa shape index (κ3) is 4.52. The molecule has 2 aromatic rings. The van der Waals surface area contributed by atoms with E-state index in [1.807, 2.05) is 0 Å². The van der Waals surface area contributed by atoms with E-state index in [0.717, 1.165) is 11.8 Å². The molecule has 2 heterocycles. The molecule has 1 N–H and O–H groups in total. The summed E-state index contributed by atoms with van der Waals surface area (Å²) in [5, 5.41) is 6.89. The van der Waals surface area contributed by atoms with E-state index in [0.29, 0.717) is 28.7 Å². The summed E-state index contributed by atoms with van der Waals surface area (Å²) >= 11 is 7.13. The summed E-state index contributed by atoms with van der Waals surface area (Å²) in [6.45, 7) is -0.146. The van der Waals surface area contributed by atoms with Crippen LogP contribution in [0.3, 0.4) is 0 Å². The van der Waals surface area contributed by atoms with Gasteiger partial charge in [-0.2, -0.15) is 5.10 Å². The average Bonchev–Trinajstić information content (AvgIpc) is 3.26. The number of hydrogen-bond acceptors (Lipinski definition) is 7. The standard InChI is InChI=1S/C15H14ClN5O4S/c16-10-1-2-12(21-9-17-8-18-21)11(5-10)19-13(22)7-25-14(23)6-20-3-4-26-15(20)24/h1-2,5,8-9H,3-4,6-7H2,(H,19,22). The van der Waals surface area contributed by atoms with Crippen LogP contribution in [0.4, 0.5) is 10.5 Å². The second-order valence-corrected chi connectivity index (χ2v) is 6.73. The van der Waals surface area contributed by atoms with E-state index in [1.165, 1.54) is 22.2 Å². The van der Waals surface area contributed by atoms with Crippen molar-refractivity contribution in [3.63, 3.8) is 0 Å². The molecule has 1 aromatic heterocycles. The van der Waals surface area contributed by atoms with Crippen LogP contribution in [0.15, 0.2) is 30.9 Å². The summed E-state index contributed by atoms with van der Waals surface area (Å²) in [7, 11) is 0. The van der Waals surface area contributed by atoms with Crippen molar-refractivity contribution in [2.24, 2.45) is 0 Å². The molecule has 26 heavy (non-hydrogen) atoms. The minimum atomic E-state index is -0.640. The Hall–Kier alpha value is -2.59. The highest BCUT2D eigenvalue weighted by Gasteiger charge is 2.24. The van der Waals surface area contributed by atoms with E-state index < -0.39 is 18.5 Å². The fraction of sp³-hybridized carbons (Fsp3) is 0.267. The number of carbonyl (C=O) groups excluding carboxylic acids is 3. The first kappa shape index (κ1) is 18.2. The van der Waals surface area contributed by atoms with Crippen LogP contribution in [0.25, 0.3) is 5.69 Å². The predicted molar refractivity (Wildman–Crippen MR) is 95.4 cm³/mol. The number of carbonyl (C=O) groups is 3. The van der Waals surface area contributed by atoms with E-state index in [-0.39, 0.29) is 11.8 Å². The van der Waals surface area contributed by atoms with Crippen LogP contribution in [0.2, 0.25) is 5.02 Å².